The van der Waals surface area contributed by atoms with E-state index in [1.165, 1.54) is 44.5 Å². The van der Waals surface area contributed by atoms with Crippen LogP contribution in [0.15, 0.2) is 230 Å². The van der Waals surface area contributed by atoms with Crippen LogP contribution in [0.2, 0.25) is 0 Å². The van der Waals surface area contributed by atoms with Crippen molar-refractivity contribution in [2.75, 3.05) is 4.90 Å². The van der Waals surface area contributed by atoms with Gasteiger partial charge in [-0.15, -0.1) is 6.58 Å². The third-order valence-electron chi connectivity index (χ3n) is 12.6. The molecule has 0 heterocycles. The molecule has 0 saturated heterocycles. The molecule has 0 fully saturated rings. The number of benzene rings is 5. The van der Waals surface area contributed by atoms with Crippen LogP contribution in [0, 0.1) is 23.7 Å². The van der Waals surface area contributed by atoms with E-state index in [9.17, 15) is 0 Å². The zero-order valence-electron chi connectivity index (χ0n) is 39.5. The van der Waals surface area contributed by atoms with Crippen molar-refractivity contribution in [1.29, 1.82) is 0 Å². The van der Waals surface area contributed by atoms with Crippen LogP contribution in [0.3, 0.4) is 0 Å². The van der Waals surface area contributed by atoms with E-state index in [1.54, 1.807) is 6.08 Å². The number of anilines is 3. The van der Waals surface area contributed by atoms with Gasteiger partial charge in [-0.3, -0.25) is 0 Å². The molecule has 3 aliphatic carbocycles. The molecule has 0 spiro atoms. The third-order valence-corrected chi connectivity index (χ3v) is 12.6. The Bertz CT molecular complexity index is 2360. The Kier molecular flexibility index (Phi) is 17.7. The maximum atomic E-state index is 4.69. The van der Waals surface area contributed by atoms with Crippen molar-refractivity contribution in [2.24, 2.45) is 23.7 Å². The summed E-state index contributed by atoms with van der Waals surface area (Å²) < 4.78 is 0. The molecule has 0 aliphatic heterocycles. The van der Waals surface area contributed by atoms with E-state index in [4.69, 9.17) is 6.58 Å². The molecule has 0 amide bonds. The summed E-state index contributed by atoms with van der Waals surface area (Å²) in [6, 6.07) is 51.0. The highest BCUT2D eigenvalue weighted by Gasteiger charge is 2.46. The topological polar surface area (TPSA) is 3.24 Å². The van der Waals surface area contributed by atoms with Gasteiger partial charge in [0.25, 0.3) is 0 Å². The minimum atomic E-state index is -0.298. The van der Waals surface area contributed by atoms with Gasteiger partial charge in [-0.25, -0.2) is 0 Å². The summed E-state index contributed by atoms with van der Waals surface area (Å²) in [5.41, 5.74) is 14.1. The zero-order valence-corrected chi connectivity index (χ0v) is 39.5. The minimum absolute atomic E-state index is 0.216. The predicted octanol–water partition coefficient (Wildman–Crippen LogP) is 17.9. The van der Waals surface area contributed by atoms with Crippen LogP contribution < -0.4 is 4.90 Å². The summed E-state index contributed by atoms with van der Waals surface area (Å²) in [7, 11) is 0. The lowest BCUT2D eigenvalue weighted by Gasteiger charge is -2.48. The number of allylic oxidation sites excluding steroid dienone is 14. The van der Waals surface area contributed by atoms with Crippen LogP contribution >= 0.6 is 0 Å². The van der Waals surface area contributed by atoms with Crippen LogP contribution in [-0.2, 0) is 5.41 Å². The fourth-order valence-electron chi connectivity index (χ4n) is 10.2. The van der Waals surface area contributed by atoms with Crippen LogP contribution in [0.25, 0.3) is 5.57 Å². The lowest BCUT2D eigenvalue weighted by Crippen LogP contribution is -2.42. The van der Waals surface area contributed by atoms with Crippen LogP contribution in [-0.4, -0.2) is 0 Å². The van der Waals surface area contributed by atoms with Gasteiger partial charge in [-0.05, 0) is 116 Å². The molecule has 3 aliphatic rings. The highest BCUT2D eigenvalue weighted by atomic mass is 15.1. The van der Waals surface area contributed by atoms with Gasteiger partial charge in [0.1, 0.15) is 0 Å². The van der Waals surface area contributed by atoms with E-state index in [1.807, 2.05) is 34.6 Å². The predicted molar refractivity (Wildman–Crippen MR) is 278 cm³/mol. The summed E-state index contributed by atoms with van der Waals surface area (Å²) in [6.45, 7) is 27.0. The monoisotopic (exact) mass is 830 g/mol. The number of para-hydroxylation sites is 2. The van der Waals surface area contributed by atoms with Crippen molar-refractivity contribution in [3.05, 3.63) is 252 Å². The van der Waals surface area contributed by atoms with Gasteiger partial charge in [0.05, 0.1) is 0 Å². The normalized spacial score (nSPS) is 20.6. The van der Waals surface area contributed by atoms with Gasteiger partial charge in [-0.2, -0.15) is 0 Å². The molecule has 6 unspecified atom stereocenters. The molecule has 1 heteroatoms. The van der Waals surface area contributed by atoms with Gasteiger partial charge in [0.15, 0.2) is 0 Å². The molecular formula is C62H71N. The molecule has 5 aromatic carbocycles. The highest BCUT2D eigenvalue weighted by molar-refractivity contribution is 5.82. The largest absolute Gasteiger partial charge is 0.311 e. The van der Waals surface area contributed by atoms with Crippen molar-refractivity contribution < 1.29 is 0 Å². The Morgan fingerprint density at radius 1 is 0.667 bits per heavy atom. The molecule has 0 aromatic heterocycles. The second-order valence-corrected chi connectivity index (χ2v) is 16.3. The van der Waals surface area contributed by atoms with Crippen molar-refractivity contribution in [1.82, 2.24) is 0 Å². The molecule has 63 heavy (non-hydrogen) atoms. The van der Waals surface area contributed by atoms with E-state index in [0.717, 1.165) is 23.5 Å². The first-order valence-corrected chi connectivity index (χ1v) is 23.3. The van der Waals surface area contributed by atoms with E-state index >= 15 is 0 Å². The Balaban J connectivity index is 0.00000101. The SMILES string of the molecule is C=C(C)C(/C(C)=C/C=C\C)(c1ccccc1)C1C=CC(C2=C3C=CC=CC3C(c3ccc(N(c4ccccc4)c4ccccc4)cc3)c3ccccc32)CC1C.C=CC.CC.CC. The second-order valence-electron chi connectivity index (χ2n) is 16.3. The first kappa shape index (κ1) is 47.9. The number of hydrogen-bond acceptors (Lipinski definition) is 1. The van der Waals surface area contributed by atoms with Crippen LogP contribution in [0.5, 0.6) is 0 Å². The summed E-state index contributed by atoms with van der Waals surface area (Å²) in [5, 5.41) is 0. The van der Waals surface area contributed by atoms with E-state index in [0.29, 0.717) is 11.8 Å². The van der Waals surface area contributed by atoms with Gasteiger partial charge in [-0.1, -0.05) is 216 Å². The molecule has 324 valence electrons. The maximum Gasteiger partial charge on any atom is 0.0461 e. The summed E-state index contributed by atoms with van der Waals surface area (Å²) >= 11 is 0. The lowest BCUT2D eigenvalue weighted by atomic mass is 9.55. The van der Waals surface area contributed by atoms with Gasteiger partial charge < -0.3 is 4.90 Å². The zero-order chi connectivity index (χ0) is 45.4. The van der Waals surface area contributed by atoms with Gasteiger partial charge in [0.2, 0.25) is 0 Å². The van der Waals surface area contributed by atoms with Crippen LogP contribution in [0.1, 0.15) is 96.9 Å². The van der Waals surface area contributed by atoms with Gasteiger partial charge >= 0.3 is 0 Å². The molecule has 6 atom stereocenters. The van der Waals surface area contributed by atoms with E-state index < -0.39 is 0 Å². The third kappa shape index (κ3) is 10.1. The average Bonchev–Trinajstić information content (AvgIpc) is 3.33. The molecule has 5 aromatic rings. The smallest absolute Gasteiger partial charge is 0.0461 e. The van der Waals surface area contributed by atoms with E-state index in [2.05, 4.69) is 233 Å². The number of hydrogen-bond donors (Lipinski definition) is 0. The summed E-state index contributed by atoms with van der Waals surface area (Å²) in [6.07, 6.45) is 23.9. The quantitative estimate of drug-likeness (QED) is 0.100. The fourth-order valence-corrected chi connectivity index (χ4v) is 10.2. The van der Waals surface area contributed by atoms with Crippen molar-refractivity contribution >= 4 is 22.6 Å². The molecule has 0 radical (unpaired) electrons. The van der Waals surface area contributed by atoms with Crippen molar-refractivity contribution in [2.45, 2.75) is 80.1 Å². The highest BCUT2D eigenvalue weighted by Crippen LogP contribution is 2.56. The van der Waals surface area contributed by atoms with E-state index in [-0.39, 0.29) is 23.2 Å². The second kappa shape index (κ2) is 23.3. The van der Waals surface area contributed by atoms with Crippen molar-refractivity contribution in [3.63, 3.8) is 0 Å². The molecule has 0 N–H and O–H groups in total. The number of fused-ring (bicyclic) bond motifs is 2. The van der Waals surface area contributed by atoms with Gasteiger partial charge in [0, 0.05) is 40.2 Å². The minimum Gasteiger partial charge on any atom is -0.311 e. The molecule has 0 bridgehead atoms. The fraction of sp³-hybridized carbons (Fsp3) is 0.258. The Morgan fingerprint density at radius 2 is 1.21 bits per heavy atom. The first-order chi connectivity index (χ1) is 30.8. The Hall–Kier alpha value is -6.18. The first-order valence-electron chi connectivity index (χ1n) is 23.3. The lowest BCUT2D eigenvalue weighted by molar-refractivity contribution is 0.275. The van der Waals surface area contributed by atoms with Crippen molar-refractivity contribution in [3.8, 4) is 0 Å². The Labute approximate surface area is 382 Å². The molecule has 8 rings (SSSR count). The standard InChI is InChI=1S/C55H53N.C3H6.2C2H6/c1-6-7-21-41(5)55(39(2)3,44-22-11-8-12-23-44)52-37-34-43(38-40(52)4)54-50-30-19-17-28-48(50)53(49-29-18-20-31-51(49)54)42-32-35-47(36-33-42)56(45-24-13-9-14-25-45)46-26-15-10-16-27-46;1-3-2;2*1-2/h6-37,40,43,48,52-53H,2,38H2,1,3-5H3;3H,1H2,2H3;2*1-2H3/b7-6-,41-21+;;;. The maximum absolute atomic E-state index is 4.69. The Morgan fingerprint density at radius 3 is 1.76 bits per heavy atom. The summed E-state index contributed by atoms with van der Waals surface area (Å²) in [5.74, 6) is 1.47. The molecule has 0 saturated carbocycles. The summed E-state index contributed by atoms with van der Waals surface area (Å²) in [4.78, 5) is 2.34. The number of rotatable bonds is 10. The molecular weight excluding hydrogens is 759 g/mol. The number of nitrogens with zero attached hydrogens (tertiary/aromatic N) is 1. The van der Waals surface area contributed by atoms with Crippen LogP contribution in [0.4, 0.5) is 17.1 Å². The average molecular weight is 830 g/mol. The molecule has 1 nitrogen and oxygen atoms in total.